The molecule has 0 saturated carbocycles. The van der Waals surface area contributed by atoms with Gasteiger partial charge in [-0.1, -0.05) is 6.92 Å². The SMILES string of the molecule is CCC(F)(F)C(=O)Nc1ccc(F)nc1. The number of nitrogens with zero attached hydrogens (tertiary/aromatic N) is 1. The number of pyridine rings is 1. The van der Waals surface area contributed by atoms with Gasteiger partial charge in [-0.25, -0.2) is 4.98 Å². The molecule has 3 nitrogen and oxygen atoms in total. The molecule has 0 aliphatic heterocycles. The smallest absolute Gasteiger partial charge is 0.319 e. The van der Waals surface area contributed by atoms with Crippen LogP contribution in [0.4, 0.5) is 18.9 Å². The van der Waals surface area contributed by atoms with E-state index in [0.29, 0.717) is 0 Å². The van der Waals surface area contributed by atoms with E-state index in [2.05, 4.69) is 4.98 Å². The van der Waals surface area contributed by atoms with Crippen molar-refractivity contribution >= 4 is 11.6 Å². The predicted octanol–water partition coefficient (Wildman–Crippen LogP) is 2.20. The zero-order valence-corrected chi connectivity index (χ0v) is 7.93. The van der Waals surface area contributed by atoms with E-state index in [9.17, 15) is 18.0 Å². The van der Waals surface area contributed by atoms with Gasteiger partial charge in [0.05, 0.1) is 11.9 Å². The molecule has 0 fully saturated rings. The van der Waals surface area contributed by atoms with Crippen LogP contribution in [0.3, 0.4) is 0 Å². The fourth-order valence-corrected chi connectivity index (χ4v) is 0.833. The summed E-state index contributed by atoms with van der Waals surface area (Å²) >= 11 is 0. The highest BCUT2D eigenvalue weighted by Crippen LogP contribution is 2.20. The van der Waals surface area contributed by atoms with E-state index in [1.165, 1.54) is 6.92 Å². The van der Waals surface area contributed by atoms with Crippen LogP contribution in [0.25, 0.3) is 0 Å². The maximum atomic E-state index is 12.8. The third-order valence-electron chi connectivity index (χ3n) is 1.76. The molecular formula is C9H9F3N2O. The summed E-state index contributed by atoms with van der Waals surface area (Å²) in [5.41, 5.74) is 0.0366. The van der Waals surface area contributed by atoms with E-state index in [0.717, 1.165) is 18.3 Å². The molecule has 1 aromatic rings. The summed E-state index contributed by atoms with van der Waals surface area (Å²) in [5.74, 6) is -5.58. The maximum absolute atomic E-state index is 12.8. The molecule has 15 heavy (non-hydrogen) atoms. The van der Waals surface area contributed by atoms with Crippen LogP contribution in [-0.4, -0.2) is 16.8 Å². The molecule has 0 bridgehead atoms. The lowest BCUT2D eigenvalue weighted by molar-refractivity contribution is -0.139. The van der Waals surface area contributed by atoms with Crippen molar-refractivity contribution in [3.8, 4) is 0 Å². The number of nitrogens with one attached hydrogen (secondary N) is 1. The largest absolute Gasteiger partial charge is 0.324 e. The fraction of sp³-hybridized carbons (Fsp3) is 0.333. The standard InChI is InChI=1S/C9H9F3N2O/c1-2-9(11,12)8(15)14-6-3-4-7(10)13-5-6/h3-5H,2H2,1H3,(H,14,15). The first-order chi connectivity index (χ1) is 6.95. The number of amides is 1. The summed E-state index contributed by atoms with van der Waals surface area (Å²) in [7, 11) is 0. The minimum absolute atomic E-state index is 0.0366. The number of carbonyl (C=O) groups is 1. The summed E-state index contributed by atoms with van der Waals surface area (Å²) in [4.78, 5) is 14.2. The van der Waals surface area contributed by atoms with Gasteiger partial charge in [-0.3, -0.25) is 4.79 Å². The molecule has 0 aliphatic rings. The molecule has 0 spiro atoms. The van der Waals surface area contributed by atoms with E-state index < -0.39 is 24.2 Å². The van der Waals surface area contributed by atoms with Crippen molar-refractivity contribution in [1.29, 1.82) is 0 Å². The maximum Gasteiger partial charge on any atom is 0.324 e. The minimum atomic E-state index is -3.42. The van der Waals surface area contributed by atoms with Crippen LogP contribution in [-0.2, 0) is 4.79 Å². The first-order valence-electron chi connectivity index (χ1n) is 4.26. The lowest BCUT2D eigenvalue weighted by Gasteiger charge is -2.13. The van der Waals surface area contributed by atoms with Crippen molar-refractivity contribution in [2.45, 2.75) is 19.3 Å². The predicted molar refractivity (Wildman–Crippen MR) is 48.1 cm³/mol. The van der Waals surface area contributed by atoms with Crippen LogP contribution >= 0.6 is 0 Å². The number of anilines is 1. The Morgan fingerprint density at radius 1 is 1.53 bits per heavy atom. The number of carbonyl (C=O) groups excluding carboxylic acids is 1. The van der Waals surface area contributed by atoms with Gasteiger partial charge in [0.1, 0.15) is 0 Å². The summed E-state index contributed by atoms with van der Waals surface area (Å²) in [6, 6.07) is 2.13. The van der Waals surface area contributed by atoms with Crippen LogP contribution in [0.2, 0.25) is 0 Å². The number of aromatic nitrogens is 1. The van der Waals surface area contributed by atoms with Gasteiger partial charge in [-0.2, -0.15) is 13.2 Å². The second-order valence-corrected chi connectivity index (χ2v) is 2.88. The molecule has 82 valence electrons. The first-order valence-corrected chi connectivity index (χ1v) is 4.26. The van der Waals surface area contributed by atoms with Crippen LogP contribution in [0.1, 0.15) is 13.3 Å². The van der Waals surface area contributed by atoms with Crippen molar-refractivity contribution in [2.24, 2.45) is 0 Å². The number of hydrogen-bond acceptors (Lipinski definition) is 2. The van der Waals surface area contributed by atoms with E-state index in [-0.39, 0.29) is 5.69 Å². The quantitative estimate of drug-likeness (QED) is 0.790. The summed E-state index contributed by atoms with van der Waals surface area (Å²) in [6.07, 6.45) is 0.381. The van der Waals surface area contributed by atoms with Crippen molar-refractivity contribution in [3.63, 3.8) is 0 Å². The summed E-state index contributed by atoms with van der Waals surface area (Å²) < 4.78 is 38.0. The van der Waals surface area contributed by atoms with Crippen LogP contribution in [0.15, 0.2) is 18.3 Å². The summed E-state index contributed by atoms with van der Waals surface area (Å²) in [6.45, 7) is 1.20. The normalized spacial score (nSPS) is 11.2. The molecule has 0 aliphatic carbocycles. The van der Waals surface area contributed by atoms with Gasteiger partial charge in [0.2, 0.25) is 5.95 Å². The Balaban J connectivity index is 2.71. The van der Waals surface area contributed by atoms with Gasteiger partial charge in [0.25, 0.3) is 5.91 Å². The second-order valence-electron chi connectivity index (χ2n) is 2.88. The topological polar surface area (TPSA) is 42.0 Å². The zero-order valence-electron chi connectivity index (χ0n) is 7.93. The van der Waals surface area contributed by atoms with Crippen molar-refractivity contribution in [1.82, 2.24) is 4.98 Å². The zero-order chi connectivity index (χ0) is 11.5. The second kappa shape index (κ2) is 4.29. The van der Waals surface area contributed by atoms with Crippen LogP contribution < -0.4 is 5.32 Å². The van der Waals surface area contributed by atoms with Gasteiger partial charge in [-0.15, -0.1) is 0 Å². The molecule has 1 aromatic heterocycles. The summed E-state index contributed by atoms with van der Waals surface area (Å²) in [5, 5.41) is 1.94. The molecule has 6 heteroatoms. The average molecular weight is 218 g/mol. The van der Waals surface area contributed by atoms with Gasteiger partial charge in [0.15, 0.2) is 0 Å². The van der Waals surface area contributed by atoms with Crippen LogP contribution in [0.5, 0.6) is 0 Å². The van der Waals surface area contributed by atoms with Crippen molar-refractivity contribution in [3.05, 3.63) is 24.3 Å². The Morgan fingerprint density at radius 3 is 2.67 bits per heavy atom. The molecule has 0 aromatic carbocycles. The van der Waals surface area contributed by atoms with E-state index in [1.807, 2.05) is 5.32 Å². The van der Waals surface area contributed by atoms with Gasteiger partial charge in [0, 0.05) is 6.42 Å². The lowest BCUT2D eigenvalue weighted by Crippen LogP contribution is -2.33. The van der Waals surface area contributed by atoms with E-state index in [4.69, 9.17) is 0 Å². The molecule has 0 radical (unpaired) electrons. The van der Waals surface area contributed by atoms with Crippen molar-refractivity contribution in [2.75, 3.05) is 5.32 Å². The highest BCUT2D eigenvalue weighted by Gasteiger charge is 2.36. The molecule has 1 heterocycles. The lowest BCUT2D eigenvalue weighted by atomic mass is 10.2. The number of alkyl halides is 2. The monoisotopic (exact) mass is 218 g/mol. The van der Waals surface area contributed by atoms with Gasteiger partial charge in [-0.05, 0) is 12.1 Å². The van der Waals surface area contributed by atoms with Crippen LogP contribution in [0, 0.1) is 5.95 Å². The Bertz CT molecular complexity index is 351. The highest BCUT2D eigenvalue weighted by molar-refractivity contribution is 5.95. The molecule has 1 N–H and O–H groups in total. The number of halogens is 3. The average Bonchev–Trinajstić information content (AvgIpc) is 2.21. The molecular weight excluding hydrogens is 209 g/mol. The highest BCUT2D eigenvalue weighted by atomic mass is 19.3. The first kappa shape index (κ1) is 11.5. The minimum Gasteiger partial charge on any atom is -0.319 e. The number of hydrogen-bond donors (Lipinski definition) is 1. The molecule has 0 saturated heterocycles. The Morgan fingerprint density at radius 2 is 2.20 bits per heavy atom. The third kappa shape index (κ3) is 2.93. The van der Waals surface area contributed by atoms with Crippen molar-refractivity contribution < 1.29 is 18.0 Å². The number of rotatable bonds is 3. The Kier molecular flexibility index (Phi) is 3.28. The molecule has 0 unspecified atom stereocenters. The van der Waals surface area contributed by atoms with E-state index >= 15 is 0 Å². The van der Waals surface area contributed by atoms with E-state index in [1.54, 1.807) is 0 Å². The third-order valence-corrected chi connectivity index (χ3v) is 1.76. The molecule has 0 atom stereocenters. The van der Waals surface area contributed by atoms with Gasteiger partial charge >= 0.3 is 5.92 Å². The fourth-order valence-electron chi connectivity index (χ4n) is 0.833. The molecule has 1 rings (SSSR count). The Hall–Kier alpha value is -1.59. The van der Waals surface area contributed by atoms with Gasteiger partial charge < -0.3 is 5.32 Å². The molecule has 1 amide bonds. The Labute approximate surface area is 84.3 Å².